The SMILES string of the molecule is CC(C1=CCC=CC=C1)C(C)(C)C. The molecule has 0 fully saturated rings. The molecule has 1 aliphatic rings. The summed E-state index contributed by atoms with van der Waals surface area (Å²) < 4.78 is 0. The summed E-state index contributed by atoms with van der Waals surface area (Å²) in [5.74, 6) is 0.628. The molecule has 0 heteroatoms. The standard InChI is InChI=1S/C13H20/c1-11(13(2,3)4)12-9-7-5-6-8-10-12/h5-7,9-11H,8H2,1-4H3. The van der Waals surface area contributed by atoms with Gasteiger partial charge in [-0.25, -0.2) is 0 Å². The van der Waals surface area contributed by atoms with Gasteiger partial charge in [0.2, 0.25) is 0 Å². The van der Waals surface area contributed by atoms with Crippen molar-refractivity contribution in [1.82, 2.24) is 0 Å². The average molecular weight is 176 g/mol. The Morgan fingerprint density at radius 2 is 1.92 bits per heavy atom. The Balaban J connectivity index is 2.78. The molecule has 0 saturated heterocycles. The maximum atomic E-state index is 2.33. The molecule has 1 unspecified atom stereocenters. The molecule has 0 radical (unpaired) electrons. The van der Waals surface area contributed by atoms with Gasteiger partial charge in [0.15, 0.2) is 0 Å². The first-order valence-corrected chi connectivity index (χ1v) is 5.05. The molecule has 1 rings (SSSR count). The minimum atomic E-state index is 0.362. The Hall–Kier alpha value is -0.780. The molecule has 1 aliphatic carbocycles. The fourth-order valence-corrected chi connectivity index (χ4v) is 1.42. The molecule has 0 aromatic heterocycles. The van der Waals surface area contributed by atoms with Gasteiger partial charge < -0.3 is 0 Å². The van der Waals surface area contributed by atoms with Crippen LogP contribution in [-0.4, -0.2) is 0 Å². The molecule has 0 aromatic carbocycles. The highest BCUT2D eigenvalue weighted by atomic mass is 14.3. The Kier molecular flexibility index (Phi) is 3.13. The van der Waals surface area contributed by atoms with Crippen LogP contribution in [0.2, 0.25) is 0 Å². The second-order valence-electron chi connectivity index (χ2n) is 4.81. The Labute approximate surface area is 82.0 Å². The lowest BCUT2D eigenvalue weighted by Gasteiger charge is -2.28. The molecule has 0 aromatic rings. The predicted octanol–water partition coefficient (Wildman–Crippen LogP) is 4.11. The van der Waals surface area contributed by atoms with E-state index in [-0.39, 0.29) is 0 Å². The molecular weight excluding hydrogens is 156 g/mol. The molecule has 1 atom stereocenters. The van der Waals surface area contributed by atoms with Gasteiger partial charge in [0.1, 0.15) is 0 Å². The van der Waals surface area contributed by atoms with Crippen molar-refractivity contribution in [3.05, 3.63) is 36.0 Å². The van der Waals surface area contributed by atoms with Gasteiger partial charge in [0.25, 0.3) is 0 Å². The molecule has 0 bridgehead atoms. The molecule has 0 heterocycles. The van der Waals surface area contributed by atoms with Crippen LogP contribution in [0.15, 0.2) is 36.0 Å². The third kappa shape index (κ3) is 2.87. The Morgan fingerprint density at radius 3 is 2.54 bits per heavy atom. The van der Waals surface area contributed by atoms with Crippen LogP contribution in [0.5, 0.6) is 0 Å². The molecule has 0 N–H and O–H groups in total. The fourth-order valence-electron chi connectivity index (χ4n) is 1.42. The van der Waals surface area contributed by atoms with Crippen molar-refractivity contribution in [2.75, 3.05) is 0 Å². The van der Waals surface area contributed by atoms with Gasteiger partial charge in [0, 0.05) is 0 Å². The van der Waals surface area contributed by atoms with Crippen LogP contribution in [0.4, 0.5) is 0 Å². The van der Waals surface area contributed by atoms with Crippen LogP contribution >= 0.6 is 0 Å². The minimum Gasteiger partial charge on any atom is -0.0807 e. The van der Waals surface area contributed by atoms with Crippen molar-refractivity contribution in [2.45, 2.75) is 34.1 Å². The van der Waals surface area contributed by atoms with E-state index < -0.39 is 0 Å². The van der Waals surface area contributed by atoms with Gasteiger partial charge in [-0.15, -0.1) is 0 Å². The molecule has 72 valence electrons. The van der Waals surface area contributed by atoms with E-state index in [1.165, 1.54) is 5.57 Å². The summed E-state index contributed by atoms with van der Waals surface area (Å²) in [6.07, 6.45) is 12.1. The molecule has 0 saturated carbocycles. The van der Waals surface area contributed by atoms with Gasteiger partial charge in [0.05, 0.1) is 0 Å². The second kappa shape index (κ2) is 3.95. The summed E-state index contributed by atoms with van der Waals surface area (Å²) in [5, 5.41) is 0. The van der Waals surface area contributed by atoms with Crippen LogP contribution in [0, 0.1) is 11.3 Å². The normalized spacial score (nSPS) is 19.5. The Morgan fingerprint density at radius 1 is 1.23 bits per heavy atom. The largest absolute Gasteiger partial charge is 0.0807 e. The lowest BCUT2D eigenvalue weighted by molar-refractivity contribution is 0.304. The number of hydrogen-bond donors (Lipinski definition) is 0. The summed E-state index contributed by atoms with van der Waals surface area (Å²) in [7, 11) is 0. The summed E-state index contributed by atoms with van der Waals surface area (Å²) in [5.41, 5.74) is 1.83. The van der Waals surface area contributed by atoms with Crippen molar-refractivity contribution >= 4 is 0 Å². The summed E-state index contributed by atoms with van der Waals surface area (Å²) in [6.45, 7) is 9.20. The first kappa shape index (κ1) is 10.3. The Bertz CT molecular complexity index is 246. The fraction of sp³-hybridized carbons (Fsp3) is 0.538. The van der Waals surface area contributed by atoms with Crippen molar-refractivity contribution < 1.29 is 0 Å². The number of rotatable bonds is 1. The van der Waals surface area contributed by atoms with Gasteiger partial charge in [-0.2, -0.15) is 0 Å². The molecule has 0 aliphatic heterocycles. The quantitative estimate of drug-likeness (QED) is 0.564. The van der Waals surface area contributed by atoms with E-state index >= 15 is 0 Å². The van der Waals surface area contributed by atoms with Crippen molar-refractivity contribution in [1.29, 1.82) is 0 Å². The van der Waals surface area contributed by atoms with Crippen LogP contribution < -0.4 is 0 Å². The molecular formula is C13H20. The maximum Gasteiger partial charge on any atom is -0.0145 e. The zero-order chi connectivity index (χ0) is 9.90. The summed E-state index contributed by atoms with van der Waals surface area (Å²) >= 11 is 0. The first-order chi connectivity index (χ1) is 6.02. The first-order valence-electron chi connectivity index (χ1n) is 5.05. The summed E-state index contributed by atoms with van der Waals surface area (Å²) in [4.78, 5) is 0. The van der Waals surface area contributed by atoms with E-state index in [0.29, 0.717) is 11.3 Å². The average Bonchev–Trinajstić information content (AvgIpc) is 2.28. The van der Waals surface area contributed by atoms with E-state index in [2.05, 4.69) is 58.1 Å². The van der Waals surface area contributed by atoms with E-state index in [4.69, 9.17) is 0 Å². The van der Waals surface area contributed by atoms with E-state index in [1.807, 2.05) is 0 Å². The molecule has 0 spiro atoms. The van der Waals surface area contributed by atoms with Crippen molar-refractivity contribution in [2.24, 2.45) is 11.3 Å². The lowest BCUT2D eigenvalue weighted by atomic mass is 9.77. The van der Waals surface area contributed by atoms with Gasteiger partial charge in [-0.3, -0.25) is 0 Å². The number of allylic oxidation sites excluding steroid dienone is 6. The minimum absolute atomic E-state index is 0.362. The topological polar surface area (TPSA) is 0 Å². The number of hydrogen-bond acceptors (Lipinski definition) is 0. The second-order valence-corrected chi connectivity index (χ2v) is 4.81. The van der Waals surface area contributed by atoms with Crippen molar-refractivity contribution in [3.63, 3.8) is 0 Å². The van der Waals surface area contributed by atoms with Crippen LogP contribution in [0.25, 0.3) is 0 Å². The highest BCUT2D eigenvalue weighted by Crippen LogP contribution is 2.32. The smallest absolute Gasteiger partial charge is 0.0145 e. The van der Waals surface area contributed by atoms with Crippen LogP contribution in [0.3, 0.4) is 0 Å². The van der Waals surface area contributed by atoms with Crippen LogP contribution in [-0.2, 0) is 0 Å². The van der Waals surface area contributed by atoms with Crippen molar-refractivity contribution in [3.8, 4) is 0 Å². The van der Waals surface area contributed by atoms with Gasteiger partial charge in [-0.1, -0.05) is 58.1 Å². The monoisotopic (exact) mass is 176 g/mol. The predicted molar refractivity (Wildman–Crippen MR) is 59.6 cm³/mol. The molecule has 13 heavy (non-hydrogen) atoms. The van der Waals surface area contributed by atoms with Crippen LogP contribution in [0.1, 0.15) is 34.1 Å². The van der Waals surface area contributed by atoms with Gasteiger partial charge in [-0.05, 0) is 23.3 Å². The lowest BCUT2D eigenvalue weighted by Crippen LogP contribution is -2.18. The van der Waals surface area contributed by atoms with E-state index in [1.54, 1.807) is 0 Å². The molecule has 0 nitrogen and oxygen atoms in total. The van der Waals surface area contributed by atoms with Gasteiger partial charge >= 0.3 is 0 Å². The zero-order valence-electron chi connectivity index (χ0n) is 9.17. The third-order valence-electron chi connectivity index (χ3n) is 2.82. The van der Waals surface area contributed by atoms with E-state index in [9.17, 15) is 0 Å². The summed E-state index contributed by atoms with van der Waals surface area (Å²) in [6, 6.07) is 0. The zero-order valence-corrected chi connectivity index (χ0v) is 9.17. The third-order valence-corrected chi connectivity index (χ3v) is 2.82. The highest BCUT2D eigenvalue weighted by molar-refractivity contribution is 5.29. The highest BCUT2D eigenvalue weighted by Gasteiger charge is 2.21. The maximum absolute atomic E-state index is 2.33. The molecule has 0 amide bonds. The van der Waals surface area contributed by atoms with E-state index in [0.717, 1.165) is 6.42 Å².